The highest BCUT2D eigenvalue weighted by Crippen LogP contribution is 2.01. The zero-order valence-corrected chi connectivity index (χ0v) is 9.41. The van der Waals surface area contributed by atoms with Crippen molar-refractivity contribution < 1.29 is 0 Å². The molecular weight excluding hydrogens is 200 g/mol. The molecule has 0 unspecified atom stereocenters. The highest BCUT2D eigenvalue weighted by Gasteiger charge is 2.11. The van der Waals surface area contributed by atoms with Gasteiger partial charge in [0.15, 0.2) is 0 Å². The van der Waals surface area contributed by atoms with Crippen LogP contribution in [0.3, 0.4) is 0 Å². The van der Waals surface area contributed by atoms with Crippen LogP contribution >= 0.6 is 22.7 Å². The lowest BCUT2D eigenvalue weighted by Crippen LogP contribution is -2.34. The highest BCUT2D eigenvalue weighted by atomic mass is 32.1. The van der Waals surface area contributed by atoms with E-state index in [0.29, 0.717) is 0 Å². The fourth-order valence-electron chi connectivity index (χ4n) is 1.11. The highest BCUT2D eigenvalue weighted by molar-refractivity contribution is 7.30. The Bertz CT molecular complexity index is 289. The average molecular weight is 209 g/mol. The van der Waals surface area contributed by atoms with Crippen LogP contribution in [-0.2, 0) is 0 Å². The molecule has 0 fully saturated rings. The van der Waals surface area contributed by atoms with Crippen LogP contribution < -0.4 is 9.00 Å². The molecule has 0 aromatic carbocycles. The summed E-state index contributed by atoms with van der Waals surface area (Å²) in [7, 11) is -0.422. The van der Waals surface area contributed by atoms with Gasteiger partial charge in [-0.25, -0.2) is 0 Å². The van der Waals surface area contributed by atoms with Gasteiger partial charge in [-0.2, -0.15) is 22.7 Å². The lowest BCUT2D eigenvalue weighted by Gasteiger charge is -2.01. The molecule has 0 amide bonds. The van der Waals surface area contributed by atoms with Crippen LogP contribution in [-0.4, -0.2) is 8.80 Å². The second kappa shape index (κ2) is 3.56. The number of thiophene rings is 2. The first-order chi connectivity index (χ1) is 5.88. The normalized spacial score (nSPS) is 10.8. The number of rotatable bonds is 2. The summed E-state index contributed by atoms with van der Waals surface area (Å²) in [5.74, 6) is 0. The van der Waals surface area contributed by atoms with Gasteiger partial charge in [-0.3, -0.25) is 0 Å². The SMILES string of the molecule is C[Si](c1cccs1)c1cccs1. The molecule has 0 nitrogen and oxygen atoms in total. The Morgan fingerprint density at radius 2 is 1.50 bits per heavy atom. The zero-order valence-electron chi connectivity index (χ0n) is 6.78. The van der Waals surface area contributed by atoms with E-state index in [2.05, 4.69) is 41.6 Å². The van der Waals surface area contributed by atoms with Gasteiger partial charge in [0.25, 0.3) is 0 Å². The Balaban J connectivity index is 2.27. The van der Waals surface area contributed by atoms with E-state index in [1.807, 2.05) is 22.7 Å². The van der Waals surface area contributed by atoms with E-state index < -0.39 is 8.80 Å². The van der Waals surface area contributed by atoms with Gasteiger partial charge in [0.1, 0.15) is 8.80 Å². The first-order valence-corrected chi connectivity index (χ1v) is 7.55. The van der Waals surface area contributed by atoms with E-state index in [-0.39, 0.29) is 0 Å². The topological polar surface area (TPSA) is 0 Å². The molecule has 2 rings (SSSR count). The van der Waals surface area contributed by atoms with Gasteiger partial charge in [-0.05, 0) is 19.8 Å². The monoisotopic (exact) mass is 209 g/mol. The van der Waals surface area contributed by atoms with E-state index in [9.17, 15) is 0 Å². The number of hydrogen-bond acceptors (Lipinski definition) is 2. The van der Waals surface area contributed by atoms with Crippen molar-refractivity contribution in [2.24, 2.45) is 0 Å². The lowest BCUT2D eigenvalue weighted by molar-refractivity contribution is 2.00. The molecule has 0 spiro atoms. The first kappa shape index (κ1) is 8.23. The van der Waals surface area contributed by atoms with Gasteiger partial charge < -0.3 is 0 Å². The molecular formula is C9H9S2Si. The maximum atomic E-state index is 2.36. The second-order valence-corrected chi connectivity index (χ2v) is 7.53. The molecule has 0 saturated heterocycles. The number of hydrogen-bond donors (Lipinski definition) is 0. The van der Waals surface area contributed by atoms with Gasteiger partial charge in [0, 0.05) is 0 Å². The molecule has 0 bridgehead atoms. The molecule has 0 saturated carbocycles. The van der Waals surface area contributed by atoms with Gasteiger partial charge in [-0.1, -0.05) is 30.8 Å². The largest absolute Gasteiger partial charge is 0.153 e. The third-order valence-corrected chi connectivity index (χ3v) is 7.50. The predicted octanol–water partition coefficient (Wildman–Crippen LogP) is 2.05. The molecule has 0 aliphatic heterocycles. The van der Waals surface area contributed by atoms with Gasteiger partial charge >= 0.3 is 0 Å². The third kappa shape index (κ3) is 1.53. The summed E-state index contributed by atoms with van der Waals surface area (Å²) in [4.78, 5) is 0. The third-order valence-electron chi connectivity index (χ3n) is 1.78. The van der Waals surface area contributed by atoms with Crippen molar-refractivity contribution in [2.45, 2.75) is 6.55 Å². The zero-order chi connectivity index (χ0) is 8.39. The molecule has 2 aromatic rings. The molecule has 2 heterocycles. The second-order valence-electron chi connectivity index (χ2n) is 2.58. The van der Waals surface area contributed by atoms with Gasteiger partial charge in [0.05, 0.1) is 0 Å². The van der Waals surface area contributed by atoms with Crippen LogP contribution in [0.2, 0.25) is 6.55 Å². The van der Waals surface area contributed by atoms with Crippen LogP contribution in [0.5, 0.6) is 0 Å². The van der Waals surface area contributed by atoms with Crippen LogP contribution in [0, 0.1) is 0 Å². The van der Waals surface area contributed by atoms with Crippen LogP contribution in [0.1, 0.15) is 0 Å². The van der Waals surface area contributed by atoms with Crippen molar-refractivity contribution in [3.63, 3.8) is 0 Å². The minimum atomic E-state index is -0.422. The smallest absolute Gasteiger partial charge is 0.144 e. The van der Waals surface area contributed by atoms with E-state index in [4.69, 9.17) is 0 Å². The summed E-state index contributed by atoms with van der Waals surface area (Å²) in [6.45, 7) is 2.36. The molecule has 0 aliphatic rings. The fraction of sp³-hybridized carbons (Fsp3) is 0.111. The van der Waals surface area contributed by atoms with Crippen molar-refractivity contribution in [3.8, 4) is 0 Å². The van der Waals surface area contributed by atoms with E-state index in [1.165, 1.54) is 0 Å². The van der Waals surface area contributed by atoms with Crippen molar-refractivity contribution >= 4 is 40.5 Å². The standard InChI is InChI=1S/C9H9S2Si/c1-12(8-4-2-6-10-8)9-5-3-7-11-9/h2-7H,1H3. The Hall–Kier alpha value is -0.383. The van der Waals surface area contributed by atoms with Crippen LogP contribution in [0.25, 0.3) is 0 Å². The van der Waals surface area contributed by atoms with Gasteiger partial charge in [0.2, 0.25) is 0 Å². The van der Waals surface area contributed by atoms with Crippen molar-refractivity contribution in [3.05, 3.63) is 35.0 Å². The molecule has 0 atom stereocenters. The minimum absolute atomic E-state index is 0.422. The van der Waals surface area contributed by atoms with Crippen LogP contribution in [0.15, 0.2) is 35.0 Å². The minimum Gasteiger partial charge on any atom is -0.153 e. The molecule has 12 heavy (non-hydrogen) atoms. The van der Waals surface area contributed by atoms with Crippen molar-refractivity contribution in [1.29, 1.82) is 0 Å². The summed E-state index contributed by atoms with van der Waals surface area (Å²) in [6, 6.07) is 8.78. The molecule has 0 aliphatic carbocycles. The summed E-state index contributed by atoms with van der Waals surface area (Å²) >= 11 is 3.76. The molecule has 0 N–H and O–H groups in total. The summed E-state index contributed by atoms with van der Waals surface area (Å²) in [5, 5.41) is 4.33. The summed E-state index contributed by atoms with van der Waals surface area (Å²) in [6.07, 6.45) is 0. The Labute approximate surface area is 82.1 Å². The fourth-order valence-corrected chi connectivity index (χ4v) is 5.64. The molecule has 61 valence electrons. The molecule has 3 heteroatoms. The quantitative estimate of drug-likeness (QED) is 0.664. The van der Waals surface area contributed by atoms with Gasteiger partial charge in [-0.15, -0.1) is 0 Å². The van der Waals surface area contributed by atoms with Crippen LogP contribution in [0.4, 0.5) is 0 Å². The maximum absolute atomic E-state index is 2.36. The maximum Gasteiger partial charge on any atom is 0.144 e. The Morgan fingerprint density at radius 1 is 1.00 bits per heavy atom. The Kier molecular flexibility index (Phi) is 2.44. The Morgan fingerprint density at radius 3 is 1.83 bits per heavy atom. The van der Waals surface area contributed by atoms with E-state index in [1.54, 1.807) is 9.00 Å². The van der Waals surface area contributed by atoms with Crippen molar-refractivity contribution in [1.82, 2.24) is 0 Å². The van der Waals surface area contributed by atoms with E-state index in [0.717, 1.165) is 0 Å². The lowest BCUT2D eigenvalue weighted by atomic mass is 10.7. The molecule has 2 aromatic heterocycles. The average Bonchev–Trinajstić information content (AvgIpc) is 2.77. The van der Waals surface area contributed by atoms with E-state index >= 15 is 0 Å². The van der Waals surface area contributed by atoms with Crippen molar-refractivity contribution in [2.75, 3.05) is 0 Å². The summed E-state index contributed by atoms with van der Waals surface area (Å²) in [5.41, 5.74) is 0. The predicted molar refractivity (Wildman–Crippen MR) is 59.5 cm³/mol. The first-order valence-electron chi connectivity index (χ1n) is 3.79. The molecule has 1 radical (unpaired) electrons. The summed E-state index contributed by atoms with van der Waals surface area (Å²) < 4.78 is 3.12.